The van der Waals surface area contributed by atoms with Gasteiger partial charge in [0.25, 0.3) is 0 Å². The van der Waals surface area contributed by atoms with Gasteiger partial charge in [-0.25, -0.2) is 0 Å². The normalized spacial score (nSPS) is 25.7. The van der Waals surface area contributed by atoms with Gasteiger partial charge in [-0.3, -0.25) is 0 Å². The molecular formula is C13H25NO. The van der Waals surface area contributed by atoms with Crippen molar-refractivity contribution in [2.75, 3.05) is 19.8 Å². The molecule has 0 fully saturated rings. The van der Waals surface area contributed by atoms with Crippen LogP contribution in [0.5, 0.6) is 0 Å². The van der Waals surface area contributed by atoms with Crippen LogP contribution in [0, 0.1) is 11.8 Å². The third-order valence-corrected chi connectivity index (χ3v) is 3.24. The first-order valence-electron chi connectivity index (χ1n) is 6.27. The first-order valence-corrected chi connectivity index (χ1v) is 6.27. The van der Waals surface area contributed by atoms with Gasteiger partial charge in [0.15, 0.2) is 0 Å². The average Bonchev–Trinajstić information content (AvgIpc) is 2.25. The van der Waals surface area contributed by atoms with Crippen LogP contribution in [0.4, 0.5) is 0 Å². The van der Waals surface area contributed by atoms with Gasteiger partial charge in [0.1, 0.15) is 0 Å². The molecule has 1 aliphatic rings. The van der Waals surface area contributed by atoms with E-state index in [4.69, 9.17) is 10.5 Å². The van der Waals surface area contributed by atoms with Gasteiger partial charge < -0.3 is 10.5 Å². The second-order valence-electron chi connectivity index (χ2n) is 4.60. The van der Waals surface area contributed by atoms with Gasteiger partial charge in [0.2, 0.25) is 0 Å². The highest BCUT2D eigenvalue weighted by Gasteiger charge is 2.17. The van der Waals surface area contributed by atoms with Crippen molar-refractivity contribution in [3.05, 3.63) is 12.2 Å². The van der Waals surface area contributed by atoms with Crippen molar-refractivity contribution in [3.8, 4) is 0 Å². The van der Waals surface area contributed by atoms with Crippen molar-refractivity contribution in [2.24, 2.45) is 17.6 Å². The Labute approximate surface area is 93.9 Å². The Hall–Kier alpha value is -0.340. The molecule has 0 radical (unpaired) electrons. The van der Waals surface area contributed by atoms with E-state index in [9.17, 15) is 0 Å². The van der Waals surface area contributed by atoms with Crippen molar-refractivity contribution in [3.63, 3.8) is 0 Å². The largest absolute Gasteiger partial charge is 0.381 e. The molecule has 0 heterocycles. The van der Waals surface area contributed by atoms with E-state index in [1.807, 2.05) is 0 Å². The summed E-state index contributed by atoms with van der Waals surface area (Å²) in [5.41, 5.74) is 5.43. The molecule has 1 rings (SSSR count). The molecule has 0 bridgehead atoms. The van der Waals surface area contributed by atoms with Crippen molar-refractivity contribution in [2.45, 2.75) is 39.0 Å². The van der Waals surface area contributed by atoms with Crippen molar-refractivity contribution in [1.82, 2.24) is 0 Å². The average molecular weight is 211 g/mol. The molecule has 0 aromatic heterocycles. The highest BCUT2D eigenvalue weighted by atomic mass is 16.5. The van der Waals surface area contributed by atoms with E-state index in [-0.39, 0.29) is 0 Å². The molecule has 0 spiro atoms. The lowest BCUT2D eigenvalue weighted by Crippen LogP contribution is -2.19. The van der Waals surface area contributed by atoms with Crippen LogP contribution in [-0.2, 0) is 4.74 Å². The lowest BCUT2D eigenvalue weighted by Gasteiger charge is -2.24. The number of unbranched alkanes of at least 4 members (excludes halogenated alkanes) is 2. The van der Waals surface area contributed by atoms with E-state index in [0.29, 0.717) is 0 Å². The number of ether oxygens (including phenoxy) is 1. The maximum Gasteiger partial charge on any atom is 0.0499 e. The molecular weight excluding hydrogens is 186 g/mol. The predicted octanol–water partition coefficient (Wildman–Crippen LogP) is 2.73. The maximum atomic E-state index is 5.72. The monoisotopic (exact) mass is 211 g/mol. The predicted molar refractivity (Wildman–Crippen MR) is 64.8 cm³/mol. The van der Waals surface area contributed by atoms with Crippen LogP contribution in [0.15, 0.2) is 12.2 Å². The Morgan fingerprint density at radius 3 is 2.73 bits per heavy atom. The molecule has 88 valence electrons. The number of allylic oxidation sites excluding steroid dienone is 2. The Kier molecular flexibility index (Phi) is 6.69. The standard InChI is InChI=1S/C13H25NO/c1-12-7-3-4-8-13(12)11-15-10-6-2-5-9-14/h3-4,12-13H,2,5-11,14H2,1H3. The second-order valence-corrected chi connectivity index (χ2v) is 4.60. The number of nitrogens with two attached hydrogens (primary N) is 1. The Morgan fingerprint density at radius 1 is 1.20 bits per heavy atom. The molecule has 2 heteroatoms. The van der Waals surface area contributed by atoms with Gasteiger partial charge in [-0.05, 0) is 50.5 Å². The molecule has 15 heavy (non-hydrogen) atoms. The highest BCUT2D eigenvalue weighted by molar-refractivity contribution is 4.93. The van der Waals surface area contributed by atoms with Crippen LogP contribution < -0.4 is 5.73 Å². The molecule has 2 nitrogen and oxygen atoms in total. The highest BCUT2D eigenvalue weighted by Crippen LogP contribution is 2.24. The summed E-state index contributed by atoms with van der Waals surface area (Å²) in [6, 6.07) is 0. The number of hydrogen-bond donors (Lipinski definition) is 1. The Bertz CT molecular complexity index is 179. The number of hydrogen-bond acceptors (Lipinski definition) is 2. The molecule has 2 atom stereocenters. The molecule has 0 aliphatic heterocycles. The van der Waals surface area contributed by atoms with E-state index >= 15 is 0 Å². The summed E-state index contributed by atoms with van der Waals surface area (Å²) in [7, 11) is 0. The smallest absolute Gasteiger partial charge is 0.0499 e. The van der Waals surface area contributed by atoms with Crippen molar-refractivity contribution < 1.29 is 4.74 Å². The minimum Gasteiger partial charge on any atom is -0.381 e. The topological polar surface area (TPSA) is 35.2 Å². The summed E-state index contributed by atoms with van der Waals surface area (Å²) in [5, 5.41) is 0. The quantitative estimate of drug-likeness (QED) is 0.519. The summed E-state index contributed by atoms with van der Waals surface area (Å²) in [5.74, 6) is 1.53. The fraction of sp³-hybridized carbons (Fsp3) is 0.846. The van der Waals surface area contributed by atoms with Gasteiger partial charge in [-0.1, -0.05) is 19.1 Å². The zero-order chi connectivity index (χ0) is 10.9. The van der Waals surface area contributed by atoms with Gasteiger partial charge in [0.05, 0.1) is 0 Å². The van der Waals surface area contributed by atoms with Gasteiger partial charge in [-0.15, -0.1) is 0 Å². The van der Waals surface area contributed by atoms with E-state index in [2.05, 4.69) is 19.1 Å². The Morgan fingerprint density at radius 2 is 2.00 bits per heavy atom. The molecule has 2 N–H and O–H groups in total. The molecule has 0 saturated heterocycles. The summed E-state index contributed by atoms with van der Waals surface area (Å²) in [6.45, 7) is 4.98. The first-order chi connectivity index (χ1) is 7.34. The van der Waals surface area contributed by atoms with Gasteiger partial charge >= 0.3 is 0 Å². The van der Waals surface area contributed by atoms with Gasteiger partial charge in [-0.2, -0.15) is 0 Å². The Balaban J connectivity index is 1.97. The van der Waals surface area contributed by atoms with E-state index < -0.39 is 0 Å². The molecule has 0 amide bonds. The zero-order valence-electron chi connectivity index (χ0n) is 9.95. The lowest BCUT2D eigenvalue weighted by molar-refractivity contribution is 0.0766. The minimum atomic E-state index is 0.740. The molecule has 1 aliphatic carbocycles. The lowest BCUT2D eigenvalue weighted by atomic mass is 9.85. The molecule has 0 saturated carbocycles. The van der Waals surface area contributed by atoms with Crippen LogP contribution in [0.2, 0.25) is 0 Å². The SMILES string of the molecule is CC1CC=CCC1COCCCCCN. The third-order valence-electron chi connectivity index (χ3n) is 3.24. The summed E-state index contributed by atoms with van der Waals surface area (Å²) < 4.78 is 5.72. The molecule has 0 aromatic carbocycles. The van der Waals surface area contributed by atoms with Crippen LogP contribution in [0.25, 0.3) is 0 Å². The van der Waals surface area contributed by atoms with Gasteiger partial charge in [0, 0.05) is 13.2 Å². The van der Waals surface area contributed by atoms with E-state index in [1.165, 1.54) is 19.3 Å². The first kappa shape index (κ1) is 12.7. The zero-order valence-corrected chi connectivity index (χ0v) is 9.95. The van der Waals surface area contributed by atoms with Crippen LogP contribution >= 0.6 is 0 Å². The summed E-state index contributed by atoms with van der Waals surface area (Å²) in [4.78, 5) is 0. The van der Waals surface area contributed by atoms with E-state index in [0.717, 1.165) is 44.4 Å². The maximum absolute atomic E-state index is 5.72. The fourth-order valence-electron chi connectivity index (χ4n) is 2.00. The van der Waals surface area contributed by atoms with E-state index in [1.54, 1.807) is 0 Å². The number of rotatable bonds is 7. The van der Waals surface area contributed by atoms with Crippen LogP contribution in [0.1, 0.15) is 39.0 Å². The van der Waals surface area contributed by atoms with Crippen LogP contribution in [-0.4, -0.2) is 19.8 Å². The van der Waals surface area contributed by atoms with Crippen molar-refractivity contribution >= 4 is 0 Å². The fourth-order valence-corrected chi connectivity index (χ4v) is 2.00. The van der Waals surface area contributed by atoms with Crippen molar-refractivity contribution in [1.29, 1.82) is 0 Å². The van der Waals surface area contributed by atoms with Crippen LogP contribution in [0.3, 0.4) is 0 Å². The second kappa shape index (κ2) is 7.89. The minimum absolute atomic E-state index is 0.740. The summed E-state index contributed by atoms with van der Waals surface area (Å²) in [6.07, 6.45) is 10.5. The third kappa shape index (κ3) is 5.33. The summed E-state index contributed by atoms with van der Waals surface area (Å²) >= 11 is 0. The molecule has 0 aromatic rings. The molecule has 2 unspecified atom stereocenters.